The van der Waals surface area contributed by atoms with E-state index in [1.54, 1.807) is 11.8 Å². The molecule has 2 aliphatic rings. The zero-order chi connectivity index (χ0) is 20.2. The highest BCUT2D eigenvalue weighted by Gasteiger charge is 2.32. The zero-order valence-electron chi connectivity index (χ0n) is 16.8. The van der Waals surface area contributed by atoms with E-state index in [-0.39, 0.29) is 17.2 Å². The van der Waals surface area contributed by atoms with Gasteiger partial charge < -0.3 is 14.7 Å². The molecule has 0 aliphatic carbocycles. The molecular weight excluding hydrogens is 382 g/mol. The molecule has 2 saturated heterocycles. The van der Waals surface area contributed by atoms with Gasteiger partial charge in [-0.2, -0.15) is 0 Å². The van der Waals surface area contributed by atoms with Crippen LogP contribution in [0.15, 0.2) is 54.6 Å². The number of rotatable bonds is 5. The van der Waals surface area contributed by atoms with E-state index in [0.717, 1.165) is 43.7 Å². The maximum Gasteiger partial charge on any atom is 0.253 e. The van der Waals surface area contributed by atoms with Gasteiger partial charge >= 0.3 is 0 Å². The Morgan fingerprint density at radius 3 is 2.38 bits per heavy atom. The van der Waals surface area contributed by atoms with Gasteiger partial charge in [-0.15, -0.1) is 11.8 Å². The van der Waals surface area contributed by atoms with Crippen molar-refractivity contribution in [1.29, 1.82) is 0 Å². The van der Waals surface area contributed by atoms with E-state index in [1.165, 1.54) is 5.56 Å². The van der Waals surface area contributed by atoms with E-state index in [4.69, 9.17) is 0 Å². The van der Waals surface area contributed by atoms with Crippen molar-refractivity contribution in [2.45, 2.75) is 11.8 Å². The smallest absolute Gasteiger partial charge is 0.253 e. The van der Waals surface area contributed by atoms with E-state index in [9.17, 15) is 9.59 Å². The summed E-state index contributed by atoms with van der Waals surface area (Å²) in [5.74, 6) is 0.802. The lowest BCUT2D eigenvalue weighted by Crippen LogP contribution is -2.47. The van der Waals surface area contributed by atoms with Gasteiger partial charge in [0.05, 0.1) is 5.75 Å². The molecule has 1 atom stereocenters. The summed E-state index contributed by atoms with van der Waals surface area (Å²) in [7, 11) is 2.08. The molecule has 2 heterocycles. The van der Waals surface area contributed by atoms with Crippen LogP contribution < -0.4 is 0 Å². The second kappa shape index (κ2) is 9.01. The number of benzene rings is 2. The third-order valence-electron chi connectivity index (χ3n) is 5.69. The van der Waals surface area contributed by atoms with E-state index in [0.29, 0.717) is 12.3 Å². The number of piperazine rings is 1. The third kappa shape index (κ3) is 4.65. The van der Waals surface area contributed by atoms with Crippen LogP contribution in [0.3, 0.4) is 0 Å². The van der Waals surface area contributed by atoms with E-state index in [1.807, 2.05) is 52.3 Å². The fourth-order valence-corrected chi connectivity index (χ4v) is 5.07. The first kappa shape index (κ1) is 20.0. The molecule has 29 heavy (non-hydrogen) atoms. The van der Waals surface area contributed by atoms with Gasteiger partial charge in [0.1, 0.15) is 5.37 Å². The number of carbonyl (C=O) groups is 2. The van der Waals surface area contributed by atoms with E-state index in [2.05, 4.69) is 24.1 Å². The van der Waals surface area contributed by atoms with Crippen molar-refractivity contribution in [3.05, 3.63) is 71.3 Å². The van der Waals surface area contributed by atoms with Crippen molar-refractivity contribution >= 4 is 23.6 Å². The molecule has 2 aliphatic heterocycles. The maximum atomic E-state index is 12.8. The number of likely N-dealkylation sites (N-methyl/N-ethyl adjacent to an activating group) is 1. The monoisotopic (exact) mass is 409 g/mol. The lowest BCUT2D eigenvalue weighted by atomic mass is 10.1. The summed E-state index contributed by atoms with van der Waals surface area (Å²) in [6, 6.07) is 18.1. The molecular formula is C23H27N3O2S. The molecule has 2 amide bonds. The minimum Gasteiger partial charge on any atom is -0.336 e. The van der Waals surface area contributed by atoms with Gasteiger partial charge in [-0.3, -0.25) is 9.59 Å². The van der Waals surface area contributed by atoms with Crippen molar-refractivity contribution in [3.63, 3.8) is 0 Å². The minimum atomic E-state index is 0.0269. The standard InChI is InChI=1S/C23H27N3O2S/c1-24-13-15-25(16-14-24)22(28)19-7-9-20(10-8-19)23-26(21(27)17-29-23)12-11-18-5-3-2-4-6-18/h2-10,23H,11-17H2,1H3/t23-/m0/s1. The Kier molecular flexibility index (Phi) is 6.21. The van der Waals surface area contributed by atoms with Crippen molar-refractivity contribution in [1.82, 2.24) is 14.7 Å². The summed E-state index contributed by atoms with van der Waals surface area (Å²) < 4.78 is 0. The lowest BCUT2D eigenvalue weighted by Gasteiger charge is -2.32. The van der Waals surface area contributed by atoms with Crippen LogP contribution in [0.25, 0.3) is 0 Å². The van der Waals surface area contributed by atoms with Gasteiger partial charge in [-0.1, -0.05) is 42.5 Å². The summed E-state index contributed by atoms with van der Waals surface area (Å²) in [5, 5.41) is 0.0269. The van der Waals surface area contributed by atoms with Crippen LogP contribution in [0.5, 0.6) is 0 Å². The highest BCUT2D eigenvalue weighted by atomic mass is 32.2. The quantitative estimate of drug-likeness (QED) is 0.762. The fourth-order valence-electron chi connectivity index (χ4n) is 3.85. The molecule has 0 radical (unpaired) electrons. The Bertz CT molecular complexity index is 848. The molecule has 0 bridgehead atoms. The highest BCUT2D eigenvalue weighted by Crippen LogP contribution is 2.38. The zero-order valence-corrected chi connectivity index (χ0v) is 17.6. The Balaban J connectivity index is 1.42. The lowest BCUT2D eigenvalue weighted by molar-refractivity contribution is -0.128. The van der Waals surface area contributed by atoms with Crippen LogP contribution in [-0.4, -0.2) is 72.0 Å². The summed E-state index contributed by atoms with van der Waals surface area (Å²) in [5.41, 5.74) is 3.05. The Morgan fingerprint density at radius 1 is 1.00 bits per heavy atom. The van der Waals surface area contributed by atoms with Gasteiger partial charge in [-0.05, 0) is 36.7 Å². The Hall–Kier alpha value is -2.31. The van der Waals surface area contributed by atoms with Gasteiger partial charge in [0.2, 0.25) is 5.91 Å². The molecule has 0 N–H and O–H groups in total. The molecule has 0 saturated carbocycles. The first-order valence-electron chi connectivity index (χ1n) is 10.1. The van der Waals surface area contributed by atoms with Crippen LogP contribution in [0.4, 0.5) is 0 Å². The predicted octanol–water partition coefficient (Wildman–Crippen LogP) is 2.89. The number of carbonyl (C=O) groups excluding carboxylic acids is 2. The number of hydrogen-bond donors (Lipinski definition) is 0. The average Bonchev–Trinajstić information content (AvgIpc) is 3.13. The highest BCUT2D eigenvalue weighted by molar-refractivity contribution is 8.00. The van der Waals surface area contributed by atoms with Gasteiger partial charge in [-0.25, -0.2) is 0 Å². The van der Waals surface area contributed by atoms with Crippen LogP contribution in [0.2, 0.25) is 0 Å². The third-order valence-corrected chi connectivity index (χ3v) is 6.94. The molecule has 6 heteroatoms. The minimum absolute atomic E-state index is 0.0269. The second-order valence-corrected chi connectivity index (χ2v) is 8.77. The molecule has 2 fully saturated rings. The van der Waals surface area contributed by atoms with Gasteiger partial charge in [0, 0.05) is 38.3 Å². The van der Waals surface area contributed by atoms with Crippen molar-refractivity contribution in [3.8, 4) is 0 Å². The summed E-state index contributed by atoms with van der Waals surface area (Å²) >= 11 is 1.66. The normalized spacial score (nSPS) is 20.3. The summed E-state index contributed by atoms with van der Waals surface area (Å²) in [6.45, 7) is 4.10. The topological polar surface area (TPSA) is 43.9 Å². The van der Waals surface area contributed by atoms with Crippen LogP contribution in [-0.2, 0) is 11.2 Å². The predicted molar refractivity (Wildman–Crippen MR) is 117 cm³/mol. The number of nitrogens with zero attached hydrogens (tertiary/aromatic N) is 3. The van der Waals surface area contributed by atoms with Crippen LogP contribution in [0, 0.1) is 0 Å². The molecule has 2 aromatic carbocycles. The SMILES string of the molecule is CN1CCN(C(=O)c2ccc([C@@H]3SCC(=O)N3CCc3ccccc3)cc2)CC1. The molecule has 0 unspecified atom stereocenters. The molecule has 5 nitrogen and oxygen atoms in total. The number of hydrogen-bond acceptors (Lipinski definition) is 4. The van der Waals surface area contributed by atoms with Crippen LogP contribution in [0.1, 0.15) is 26.9 Å². The van der Waals surface area contributed by atoms with Crippen LogP contribution >= 0.6 is 11.8 Å². The Morgan fingerprint density at radius 2 is 1.69 bits per heavy atom. The first-order valence-corrected chi connectivity index (χ1v) is 11.2. The van der Waals surface area contributed by atoms with E-state index < -0.39 is 0 Å². The van der Waals surface area contributed by atoms with Gasteiger partial charge in [0.15, 0.2) is 0 Å². The average molecular weight is 410 g/mol. The molecule has 0 spiro atoms. The summed E-state index contributed by atoms with van der Waals surface area (Å²) in [4.78, 5) is 31.3. The second-order valence-electron chi connectivity index (χ2n) is 7.70. The van der Waals surface area contributed by atoms with Crippen molar-refractivity contribution in [2.24, 2.45) is 0 Å². The number of thioether (sulfide) groups is 1. The van der Waals surface area contributed by atoms with E-state index >= 15 is 0 Å². The summed E-state index contributed by atoms with van der Waals surface area (Å²) in [6.07, 6.45) is 0.851. The number of amides is 2. The largest absolute Gasteiger partial charge is 0.336 e. The first-order chi connectivity index (χ1) is 14.1. The fraction of sp³-hybridized carbons (Fsp3) is 0.391. The molecule has 4 rings (SSSR count). The maximum absolute atomic E-state index is 12.8. The van der Waals surface area contributed by atoms with Gasteiger partial charge in [0.25, 0.3) is 5.91 Å². The van der Waals surface area contributed by atoms with Crippen molar-refractivity contribution < 1.29 is 9.59 Å². The molecule has 0 aromatic heterocycles. The Labute approximate surface area is 176 Å². The van der Waals surface area contributed by atoms with Crippen molar-refractivity contribution in [2.75, 3.05) is 45.5 Å². The molecule has 2 aromatic rings. The molecule has 152 valence electrons.